The molecule has 1 atom stereocenters. The van der Waals surface area contributed by atoms with Crippen LogP contribution in [0.25, 0.3) is 0 Å². The molecule has 1 N–H and O–H groups in total. The van der Waals surface area contributed by atoms with Crippen LogP contribution >= 0.6 is 12.4 Å². The Morgan fingerprint density at radius 2 is 1.26 bits per heavy atom. The van der Waals surface area contributed by atoms with E-state index in [1.54, 1.807) is 0 Å². The van der Waals surface area contributed by atoms with Gasteiger partial charge in [0.05, 0.1) is 0 Å². The van der Waals surface area contributed by atoms with Gasteiger partial charge in [-0.05, 0) is 28.5 Å². The highest BCUT2D eigenvalue weighted by Gasteiger charge is 2.61. The Hall–Kier alpha value is -1.55. The van der Waals surface area contributed by atoms with Crippen LogP contribution in [0.5, 0.6) is 5.75 Å². The van der Waals surface area contributed by atoms with Crippen LogP contribution in [0.4, 0.5) is 0 Å². The Labute approximate surface area is 196 Å². The van der Waals surface area contributed by atoms with Crippen LogP contribution in [-0.4, -0.2) is 12.3 Å². The molecule has 0 aliphatic heterocycles. The fourth-order valence-corrected chi connectivity index (χ4v) is 4.07. The minimum Gasteiger partial charge on any atom is -0.460 e. The monoisotopic (exact) mass is 447 g/mol. The van der Waals surface area contributed by atoms with Gasteiger partial charge in [-0.25, -0.2) is 0 Å². The SMILES string of the molecule is CCNOC(Cc1ccccc1)(Oc1ccccc1)C(C)(C)C(C)(C)C(C)(C)CC.Cl. The molecule has 0 aromatic heterocycles. The maximum atomic E-state index is 6.81. The van der Waals surface area contributed by atoms with E-state index >= 15 is 0 Å². The zero-order valence-electron chi connectivity index (χ0n) is 20.6. The van der Waals surface area contributed by atoms with Gasteiger partial charge in [0.25, 0.3) is 0 Å². The van der Waals surface area contributed by atoms with E-state index in [1.807, 2.05) is 43.3 Å². The smallest absolute Gasteiger partial charge is 0.237 e. The average molecular weight is 448 g/mol. The molecule has 0 bridgehead atoms. The van der Waals surface area contributed by atoms with Gasteiger partial charge >= 0.3 is 0 Å². The molecule has 2 aromatic carbocycles. The van der Waals surface area contributed by atoms with Gasteiger partial charge in [-0.3, -0.25) is 4.84 Å². The van der Waals surface area contributed by atoms with Gasteiger partial charge in [-0.1, -0.05) is 110 Å². The molecule has 2 rings (SSSR count). The van der Waals surface area contributed by atoms with Gasteiger partial charge in [0.2, 0.25) is 5.79 Å². The molecule has 0 aliphatic carbocycles. The van der Waals surface area contributed by atoms with Crippen LogP contribution in [0.3, 0.4) is 0 Å². The van der Waals surface area contributed by atoms with Crippen LogP contribution in [0.1, 0.15) is 67.4 Å². The number of hydrogen-bond donors (Lipinski definition) is 1. The van der Waals surface area contributed by atoms with Crippen molar-refractivity contribution in [2.45, 2.75) is 74.0 Å². The number of hydrogen-bond acceptors (Lipinski definition) is 3. The summed E-state index contributed by atoms with van der Waals surface area (Å²) in [4.78, 5) is 6.51. The van der Waals surface area contributed by atoms with Crippen LogP contribution in [0.2, 0.25) is 0 Å². The maximum absolute atomic E-state index is 6.81. The topological polar surface area (TPSA) is 30.5 Å². The summed E-state index contributed by atoms with van der Waals surface area (Å²) in [6.07, 6.45) is 1.70. The van der Waals surface area contributed by atoms with Crippen molar-refractivity contribution in [3.8, 4) is 5.75 Å². The van der Waals surface area contributed by atoms with E-state index in [1.165, 1.54) is 5.56 Å². The van der Waals surface area contributed by atoms with Gasteiger partial charge in [0.1, 0.15) is 5.75 Å². The van der Waals surface area contributed by atoms with Gasteiger partial charge in [-0.15, -0.1) is 12.4 Å². The molecular formula is C27H42ClNO2. The van der Waals surface area contributed by atoms with Gasteiger partial charge in [0, 0.05) is 18.4 Å². The number of benzene rings is 2. The van der Waals surface area contributed by atoms with Gasteiger partial charge < -0.3 is 4.74 Å². The lowest BCUT2D eigenvalue weighted by atomic mass is 9.51. The predicted octanol–water partition coefficient (Wildman–Crippen LogP) is 7.46. The summed E-state index contributed by atoms with van der Waals surface area (Å²) in [6, 6.07) is 20.5. The average Bonchev–Trinajstić information content (AvgIpc) is 2.73. The zero-order valence-corrected chi connectivity index (χ0v) is 21.4. The second-order valence-electron chi connectivity index (χ2n) is 9.92. The number of rotatable bonds is 11. The molecule has 1 unspecified atom stereocenters. The first-order valence-corrected chi connectivity index (χ1v) is 11.2. The molecule has 0 saturated heterocycles. The number of nitrogens with one attached hydrogen (secondary N) is 1. The lowest BCUT2D eigenvalue weighted by Gasteiger charge is -2.58. The minimum absolute atomic E-state index is 0. The fourth-order valence-electron chi connectivity index (χ4n) is 4.07. The Balaban J connectivity index is 0.00000480. The van der Waals surface area contributed by atoms with E-state index in [0.717, 1.165) is 12.2 Å². The van der Waals surface area contributed by atoms with Crippen molar-refractivity contribution in [2.24, 2.45) is 16.2 Å². The molecule has 0 radical (unpaired) electrons. The Kier molecular flexibility index (Phi) is 9.62. The standard InChI is InChI=1S/C27H41NO2.ClH/c1-9-24(3,4)25(5,6)26(7,8)27(30-28-10-2,21-22-17-13-11-14-18-22)29-23-19-15-12-16-20-23;/h11-20,28H,9-10,21H2,1-8H3;1H. The third-order valence-corrected chi connectivity index (χ3v) is 7.78. The zero-order chi connectivity index (χ0) is 22.5. The molecule has 0 spiro atoms. The molecule has 0 amide bonds. The van der Waals surface area contributed by atoms with E-state index in [-0.39, 0.29) is 28.7 Å². The minimum atomic E-state index is -0.915. The van der Waals surface area contributed by atoms with Crippen LogP contribution < -0.4 is 10.2 Å². The molecule has 174 valence electrons. The van der Waals surface area contributed by atoms with Crippen LogP contribution in [0, 0.1) is 16.2 Å². The summed E-state index contributed by atoms with van der Waals surface area (Å²) >= 11 is 0. The summed E-state index contributed by atoms with van der Waals surface area (Å²) in [6.45, 7) is 19.0. The van der Waals surface area contributed by atoms with Crippen LogP contribution in [-0.2, 0) is 11.3 Å². The van der Waals surface area contributed by atoms with Crippen molar-refractivity contribution in [1.29, 1.82) is 0 Å². The summed E-state index contributed by atoms with van der Waals surface area (Å²) < 4.78 is 6.81. The Morgan fingerprint density at radius 3 is 1.74 bits per heavy atom. The largest absolute Gasteiger partial charge is 0.460 e. The maximum Gasteiger partial charge on any atom is 0.237 e. The van der Waals surface area contributed by atoms with E-state index in [4.69, 9.17) is 9.57 Å². The molecule has 31 heavy (non-hydrogen) atoms. The number of halogens is 1. The third-order valence-electron chi connectivity index (χ3n) is 7.78. The Morgan fingerprint density at radius 1 is 0.742 bits per heavy atom. The van der Waals surface area contributed by atoms with E-state index in [2.05, 4.69) is 78.2 Å². The first-order valence-electron chi connectivity index (χ1n) is 11.2. The van der Waals surface area contributed by atoms with Crippen molar-refractivity contribution < 1.29 is 9.57 Å². The molecular weight excluding hydrogens is 406 g/mol. The third kappa shape index (κ3) is 5.63. The first-order chi connectivity index (χ1) is 14.0. The van der Waals surface area contributed by atoms with Gasteiger partial charge in [0.15, 0.2) is 0 Å². The second-order valence-corrected chi connectivity index (χ2v) is 9.92. The van der Waals surface area contributed by atoms with Crippen molar-refractivity contribution in [3.05, 3.63) is 66.2 Å². The van der Waals surface area contributed by atoms with E-state index in [9.17, 15) is 0 Å². The lowest BCUT2D eigenvalue weighted by molar-refractivity contribution is -0.311. The second kappa shape index (κ2) is 10.8. The van der Waals surface area contributed by atoms with E-state index < -0.39 is 5.79 Å². The van der Waals surface area contributed by atoms with Gasteiger partial charge in [-0.2, -0.15) is 5.48 Å². The predicted molar refractivity (Wildman–Crippen MR) is 134 cm³/mol. The molecule has 3 nitrogen and oxygen atoms in total. The van der Waals surface area contributed by atoms with Crippen LogP contribution in [0.15, 0.2) is 60.7 Å². The number of ether oxygens (including phenoxy) is 1. The highest BCUT2D eigenvalue weighted by atomic mass is 35.5. The highest BCUT2D eigenvalue weighted by Crippen LogP contribution is 2.59. The van der Waals surface area contributed by atoms with Crippen molar-refractivity contribution in [3.63, 3.8) is 0 Å². The normalized spacial score (nSPS) is 14.5. The molecule has 0 saturated carbocycles. The van der Waals surface area contributed by atoms with Crippen molar-refractivity contribution >= 4 is 12.4 Å². The molecule has 0 aliphatic rings. The number of para-hydroxylation sites is 1. The van der Waals surface area contributed by atoms with Crippen molar-refractivity contribution in [2.75, 3.05) is 6.54 Å². The molecule has 0 fully saturated rings. The lowest BCUT2D eigenvalue weighted by Crippen LogP contribution is -2.64. The first kappa shape index (κ1) is 27.5. The summed E-state index contributed by atoms with van der Waals surface area (Å²) in [5.41, 5.74) is 3.96. The van der Waals surface area contributed by atoms with Crippen molar-refractivity contribution in [1.82, 2.24) is 5.48 Å². The molecule has 0 heterocycles. The quantitative estimate of drug-likeness (QED) is 0.286. The summed E-state index contributed by atoms with van der Waals surface area (Å²) in [7, 11) is 0. The highest BCUT2D eigenvalue weighted by molar-refractivity contribution is 5.85. The summed E-state index contributed by atoms with van der Waals surface area (Å²) in [5.74, 6) is -0.105. The molecule has 2 aromatic rings. The number of hydroxylamine groups is 1. The Bertz CT molecular complexity index is 731. The summed E-state index contributed by atoms with van der Waals surface area (Å²) in [5, 5.41) is 0. The van der Waals surface area contributed by atoms with E-state index in [0.29, 0.717) is 13.0 Å². The fraction of sp³-hybridized carbons (Fsp3) is 0.556. The molecule has 4 heteroatoms.